The van der Waals surface area contributed by atoms with Crippen LogP contribution in [0.5, 0.6) is 0 Å². The molecule has 0 saturated heterocycles. The fourth-order valence-electron chi connectivity index (χ4n) is 2.17. The van der Waals surface area contributed by atoms with Crippen molar-refractivity contribution in [3.05, 3.63) is 0 Å². The molecule has 110 valence electrons. The number of likely N-dealkylation sites (N-methyl/N-ethyl adjacent to an activating group) is 1. The maximum atomic E-state index is 11.6. The number of methoxy groups -OCH3 is 1. The summed E-state index contributed by atoms with van der Waals surface area (Å²) in [5, 5.41) is 6.78. The zero-order chi connectivity index (χ0) is 14.1. The highest BCUT2D eigenvalue weighted by Gasteiger charge is 2.16. The molecule has 1 aliphatic carbocycles. The predicted molar refractivity (Wildman–Crippen MR) is 80.1 cm³/mol. The molecular formula is C13H25N3O2S. The summed E-state index contributed by atoms with van der Waals surface area (Å²) in [6, 6.07) is 0.472. The van der Waals surface area contributed by atoms with Crippen molar-refractivity contribution in [1.82, 2.24) is 15.5 Å². The first kappa shape index (κ1) is 16.2. The molecule has 1 saturated carbocycles. The Hall–Kier alpha value is -0.880. The van der Waals surface area contributed by atoms with Crippen LogP contribution < -0.4 is 10.6 Å². The lowest BCUT2D eigenvalue weighted by atomic mass is 9.96. The van der Waals surface area contributed by atoms with Crippen molar-refractivity contribution in [3.63, 3.8) is 0 Å². The van der Waals surface area contributed by atoms with Crippen molar-refractivity contribution >= 4 is 23.2 Å². The lowest BCUT2D eigenvalue weighted by Gasteiger charge is -2.28. The number of nitrogens with zero attached hydrogens (tertiary/aromatic N) is 1. The molecule has 19 heavy (non-hydrogen) atoms. The number of thiocarbonyl (C=S) groups is 1. The summed E-state index contributed by atoms with van der Waals surface area (Å²) in [4.78, 5) is 13.4. The van der Waals surface area contributed by atoms with Gasteiger partial charge in [-0.25, -0.2) is 0 Å². The number of carbonyl (C=O) groups excluding carboxylic acids is 1. The Labute approximate surface area is 121 Å². The third-order valence-electron chi connectivity index (χ3n) is 3.29. The van der Waals surface area contributed by atoms with Gasteiger partial charge in [-0.2, -0.15) is 0 Å². The van der Waals surface area contributed by atoms with E-state index in [4.69, 9.17) is 17.0 Å². The molecule has 0 radical (unpaired) electrons. The van der Waals surface area contributed by atoms with Crippen LogP contribution in [0.15, 0.2) is 0 Å². The smallest absolute Gasteiger partial charge is 0.239 e. The molecule has 0 aromatic rings. The second-order valence-corrected chi connectivity index (χ2v) is 5.37. The number of nitrogens with one attached hydrogen (secondary N) is 2. The van der Waals surface area contributed by atoms with Crippen LogP contribution in [0.3, 0.4) is 0 Å². The second kappa shape index (κ2) is 9.09. The Morgan fingerprint density at radius 1 is 1.37 bits per heavy atom. The van der Waals surface area contributed by atoms with Crippen molar-refractivity contribution in [2.45, 2.75) is 38.1 Å². The molecule has 6 heteroatoms. The molecule has 1 amide bonds. The van der Waals surface area contributed by atoms with Crippen molar-refractivity contribution in [3.8, 4) is 0 Å². The van der Waals surface area contributed by atoms with Crippen molar-refractivity contribution < 1.29 is 9.53 Å². The summed E-state index contributed by atoms with van der Waals surface area (Å²) in [6.45, 7) is 1.34. The minimum Gasteiger partial charge on any atom is -0.383 e. The van der Waals surface area contributed by atoms with Crippen molar-refractivity contribution in [1.29, 1.82) is 0 Å². The van der Waals surface area contributed by atoms with Gasteiger partial charge in [-0.3, -0.25) is 4.79 Å². The maximum Gasteiger partial charge on any atom is 0.239 e. The number of amides is 1. The first-order chi connectivity index (χ1) is 9.13. The second-order valence-electron chi connectivity index (χ2n) is 4.98. The van der Waals surface area contributed by atoms with E-state index in [9.17, 15) is 4.79 Å². The van der Waals surface area contributed by atoms with E-state index in [2.05, 4.69) is 10.6 Å². The average molecular weight is 287 g/mol. The molecule has 1 rings (SSSR count). The van der Waals surface area contributed by atoms with Crippen LogP contribution in [0.1, 0.15) is 32.1 Å². The Morgan fingerprint density at radius 3 is 2.68 bits per heavy atom. The molecule has 0 atom stereocenters. The van der Waals surface area contributed by atoms with E-state index in [1.807, 2.05) is 7.05 Å². The summed E-state index contributed by atoms with van der Waals surface area (Å²) in [5.74, 6) is -0.0349. The van der Waals surface area contributed by atoms with Gasteiger partial charge in [-0.05, 0) is 25.1 Å². The molecule has 0 spiro atoms. The first-order valence-corrected chi connectivity index (χ1v) is 7.31. The predicted octanol–water partition coefficient (Wildman–Crippen LogP) is 0.888. The van der Waals surface area contributed by atoms with E-state index < -0.39 is 0 Å². The van der Waals surface area contributed by atoms with E-state index in [0.717, 1.165) is 0 Å². The largest absolute Gasteiger partial charge is 0.383 e. The van der Waals surface area contributed by atoms with E-state index in [1.165, 1.54) is 32.1 Å². The highest BCUT2D eigenvalue weighted by atomic mass is 32.1. The molecule has 0 aliphatic heterocycles. The van der Waals surface area contributed by atoms with E-state index in [1.54, 1.807) is 12.0 Å². The third kappa shape index (κ3) is 6.73. The van der Waals surface area contributed by atoms with Crippen LogP contribution in [0.25, 0.3) is 0 Å². The summed E-state index contributed by atoms with van der Waals surface area (Å²) < 4.78 is 4.88. The molecule has 0 aromatic carbocycles. The third-order valence-corrected chi connectivity index (χ3v) is 3.72. The van der Waals surface area contributed by atoms with Crippen molar-refractivity contribution in [2.24, 2.45) is 0 Å². The zero-order valence-corrected chi connectivity index (χ0v) is 12.7. The van der Waals surface area contributed by atoms with Gasteiger partial charge < -0.3 is 20.3 Å². The van der Waals surface area contributed by atoms with Crippen LogP contribution in [0.4, 0.5) is 0 Å². The van der Waals surface area contributed by atoms with Crippen LogP contribution >= 0.6 is 12.2 Å². The van der Waals surface area contributed by atoms with E-state index >= 15 is 0 Å². The molecule has 0 aromatic heterocycles. The minimum absolute atomic E-state index is 0.0349. The molecule has 5 nitrogen and oxygen atoms in total. The van der Waals surface area contributed by atoms with Gasteiger partial charge in [-0.15, -0.1) is 0 Å². The fourth-order valence-corrected chi connectivity index (χ4v) is 2.40. The Bertz CT molecular complexity index is 294. The van der Waals surface area contributed by atoms with E-state index in [-0.39, 0.29) is 12.5 Å². The number of ether oxygens (including phenoxy) is 1. The molecular weight excluding hydrogens is 262 g/mol. The van der Waals surface area contributed by atoms with E-state index in [0.29, 0.717) is 24.3 Å². The van der Waals surface area contributed by atoms with Gasteiger partial charge in [0.1, 0.15) is 0 Å². The van der Waals surface area contributed by atoms with Gasteiger partial charge in [-0.1, -0.05) is 19.3 Å². The maximum absolute atomic E-state index is 11.6. The normalized spacial score (nSPS) is 15.9. The lowest BCUT2D eigenvalue weighted by molar-refractivity contribution is -0.121. The van der Waals surface area contributed by atoms with Gasteiger partial charge >= 0.3 is 0 Å². The number of carbonyl (C=O) groups is 1. The number of rotatable bonds is 6. The standard InChI is InChI=1S/C13H25N3O2S/c1-16(10-12(17)14-8-9-18-2)13(19)15-11-6-4-3-5-7-11/h11H,3-10H2,1-2H3,(H,14,17)(H,15,19). The highest BCUT2D eigenvalue weighted by molar-refractivity contribution is 7.80. The molecule has 0 unspecified atom stereocenters. The SMILES string of the molecule is COCCNC(=O)CN(C)C(=S)NC1CCCCC1. The lowest BCUT2D eigenvalue weighted by Crippen LogP contribution is -2.47. The Kier molecular flexibility index (Phi) is 7.74. The van der Waals surface area contributed by atoms with Crippen molar-refractivity contribution in [2.75, 3.05) is 33.9 Å². The van der Waals surface area contributed by atoms with Gasteiger partial charge in [0.05, 0.1) is 13.2 Å². The molecule has 2 N–H and O–H groups in total. The van der Waals surface area contributed by atoms with Crippen LogP contribution in [0, 0.1) is 0 Å². The molecule has 1 fully saturated rings. The minimum atomic E-state index is -0.0349. The zero-order valence-electron chi connectivity index (χ0n) is 11.9. The Balaban J connectivity index is 2.21. The quantitative estimate of drug-likeness (QED) is 0.561. The van der Waals surface area contributed by atoms with Crippen LogP contribution in [0.2, 0.25) is 0 Å². The fraction of sp³-hybridized carbons (Fsp3) is 0.846. The molecule has 1 aliphatic rings. The van der Waals surface area contributed by atoms with Crippen LogP contribution in [-0.4, -0.2) is 55.8 Å². The summed E-state index contributed by atoms with van der Waals surface area (Å²) in [5.41, 5.74) is 0. The van der Waals surface area contributed by atoms with Gasteiger partial charge in [0, 0.05) is 26.7 Å². The Morgan fingerprint density at radius 2 is 2.05 bits per heavy atom. The number of hydrogen-bond acceptors (Lipinski definition) is 3. The summed E-state index contributed by atoms with van der Waals surface area (Å²) in [7, 11) is 3.45. The topological polar surface area (TPSA) is 53.6 Å². The molecule has 0 bridgehead atoms. The monoisotopic (exact) mass is 287 g/mol. The highest BCUT2D eigenvalue weighted by Crippen LogP contribution is 2.17. The molecule has 0 heterocycles. The summed E-state index contributed by atoms with van der Waals surface area (Å²) in [6.07, 6.45) is 6.20. The van der Waals surface area contributed by atoms with Gasteiger partial charge in [0.25, 0.3) is 0 Å². The van der Waals surface area contributed by atoms with Gasteiger partial charge in [0.2, 0.25) is 5.91 Å². The average Bonchev–Trinajstić information content (AvgIpc) is 2.40. The van der Waals surface area contributed by atoms with Gasteiger partial charge in [0.15, 0.2) is 5.11 Å². The first-order valence-electron chi connectivity index (χ1n) is 6.90. The number of hydrogen-bond donors (Lipinski definition) is 2. The van der Waals surface area contributed by atoms with Crippen LogP contribution in [-0.2, 0) is 9.53 Å². The summed E-state index contributed by atoms with van der Waals surface area (Å²) >= 11 is 5.32.